The molecule has 124 valence electrons. The van der Waals surface area contributed by atoms with Gasteiger partial charge in [-0.25, -0.2) is 4.39 Å². The fraction of sp³-hybridized carbons (Fsp3) is 0.238. The molecule has 0 atom stereocenters. The second-order valence-corrected chi connectivity index (χ2v) is 6.08. The Balaban J connectivity index is 2.19. The van der Waals surface area contributed by atoms with Crippen LogP contribution in [0.3, 0.4) is 0 Å². The fourth-order valence-electron chi connectivity index (χ4n) is 2.94. The summed E-state index contributed by atoms with van der Waals surface area (Å²) in [4.78, 5) is 0. The van der Waals surface area contributed by atoms with E-state index < -0.39 is 0 Å². The number of halogens is 1. The van der Waals surface area contributed by atoms with Crippen molar-refractivity contribution in [1.82, 2.24) is 0 Å². The lowest BCUT2D eigenvalue weighted by molar-refractivity contribution is 0.319. The van der Waals surface area contributed by atoms with Crippen molar-refractivity contribution < 1.29 is 9.13 Å². The van der Waals surface area contributed by atoms with E-state index in [-0.39, 0.29) is 5.82 Å². The van der Waals surface area contributed by atoms with Crippen molar-refractivity contribution in [2.24, 2.45) is 0 Å². The highest BCUT2D eigenvalue weighted by Gasteiger charge is 2.15. The van der Waals surface area contributed by atoms with Crippen LogP contribution in [0.1, 0.15) is 31.4 Å². The molecule has 0 aromatic heterocycles. The van der Waals surface area contributed by atoms with Crippen LogP contribution in [0.25, 0.3) is 11.6 Å². The standard InChI is InChI=1S/C21H22FNO/c1-14-8-9-24-21-7-5-4-6-19(21)20(15(14)2)12-16-10-17(22)13-18(11-16)23-3/h4-7,10-13,23H,8-9H2,1-3H3/b15-14-,20-12+. The van der Waals surface area contributed by atoms with E-state index in [1.165, 1.54) is 17.2 Å². The largest absolute Gasteiger partial charge is 0.493 e. The smallest absolute Gasteiger partial charge is 0.127 e. The van der Waals surface area contributed by atoms with Crippen LogP contribution < -0.4 is 10.1 Å². The van der Waals surface area contributed by atoms with Gasteiger partial charge in [0.2, 0.25) is 0 Å². The van der Waals surface area contributed by atoms with Crippen molar-refractivity contribution >= 4 is 17.3 Å². The van der Waals surface area contributed by atoms with E-state index in [9.17, 15) is 4.39 Å². The van der Waals surface area contributed by atoms with Crippen molar-refractivity contribution in [3.05, 3.63) is 70.6 Å². The summed E-state index contributed by atoms with van der Waals surface area (Å²) in [6.07, 6.45) is 2.93. The van der Waals surface area contributed by atoms with Crippen LogP contribution in [-0.4, -0.2) is 13.7 Å². The Bertz CT molecular complexity index is 820. The number of hydrogen-bond donors (Lipinski definition) is 1. The maximum Gasteiger partial charge on any atom is 0.127 e. The molecule has 1 N–H and O–H groups in total. The van der Waals surface area contributed by atoms with Gasteiger partial charge in [-0.15, -0.1) is 0 Å². The molecule has 3 rings (SSSR count). The van der Waals surface area contributed by atoms with Gasteiger partial charge in [-0.3, -0.25) is 0 Å². The van der Waals surface area contributed by atoms with E-state index in [1.54, 1.807) is 13.1 Å². The molecule has 2 nitrogen and oxygen atoms in total. The van der Waals surface area contributed by atoms with E-state index >= 15 is 0 Å². The third-order valence-electron chi connectivity index (χ3n) is 4.48. The van der Waals surface area contributed by atoms with Crippen LogP contribution in [-0.2, 0) is 0 Å². The molecule has 0 bridgehead atoms. The van der Waals surface area contributed by atoms with Crippen LogP contribution in [0.4, 0.5) is 10.1 Å². The molecule has 0 fully saturated rings. The predicted octanol–water partition coefficient (Wildman–Crippen LogP) is 5.53. The molecule has 0 aliphatic carbocycles. The summed E-state index contributed by atoms with van der Waals surface area (Å²) in [7, 11) is 1.79. The van der Waals surface area contributed by atoms with Crippen LogP contribution in [0, 0.1) is 5.82 Å². The maximum atomic E-state index is 13.9. The minimum absolute atomic E-state index is 0.248. The van der Waals surface area contributed by atoms with Crippen LogP contribution in [0.2, 0.25) is 0 Å². The lowest BCUT2D eigenvalue weighted by atomic mass is 9.91. The van der Waals surface area contributed by atoms with E-state index in [2.05, 4.69) is 25.2 Å². The molecule has 0 saturated carbocycles. The quantitative estimate of drug-likeness (QED) is 0.785. The number of rotatable bonds is 2. The molecular formula is C21H22FNO. The summed E-state index contributed by atoms with van der Waals surface area (Å²) in [6.45, 7) is 4.93. The Morgan fingerprint density at radius 1 is 1.12 bits per heavy atom. The van der Waals surface area contributed by atoms with Crippen LogP contribution in [0.15, 0.2) is 53.6 Å². The van der Waals surface area contributed by atoms with Gasteiger partial charge in [-0.2, -0.15) is 0 Å². The number of ether oxygens (including phenoxy) is 1. The zero-order chi connectivity index (χ0) is 17.1. The van der Waals surface area contributed by atoms with E-state index in [4.69, 9.17) is 4.74 Å². The normalized spacial score (nSPS) is 19.2. The number of allylic oxidation sites excluding steroid dienone is 2. The summed E-state index contributed by atoms with van der Waals surface area (Å²) in [5, 5.41) is 3.00. The summed E-state index contributed by atoms with van der Waals surface area (Å²) >= 11 is 0. The van der Waals surface area contributed by atoms with E-state index in [0.29, 0.717) is 6.61 Å². The molecule has 1 aliphatic heterocycles. The molecular weight excluding hydrogens is 301 g/mol. The topological polar surface area (TPSA) is 21.3 Å². The van der Waals surface area contributed by atoms with Gasteiger partial charge >= 0.3 is 0 Å². The average Bonchev–Trinajstić information content (AvgIpc) is 2.58. The molecule has 0 amide bonds. The molecule has 0 spiro atoms. The Kier molecular flexibility index (Phi) is 4.70. The highest BCUT2D eigenvalue weighted by Crippen LogP contribution is 2.36. The van der Waals surface area contributed by atoms with E-state index in [1.807, 2.05) is 30.3 Å². The van der Waals surface area contributed by atoms with Gasteiger partial charge in [0.25, 0.3) is 0 Å². The van der Waals surface area contributed by atoms with Crippen molar-refractivity contribution in [3.63, 3.8) is 0 Å². The van der Waals surface area contributed by atoms with E-state index in [0.717, 1.165) is 34.6 Å². The van der Waals surface area contributed by atoms with Gasteiger partial charge in [-0.05, 0) is 60.9 Å². The number of fused-ring (bicyclic) bond motifs is 1. The summed E-state index contributed by atoms with van der Waals surface area (Å²) in [5.41, 5.74) is 6.23. The number of hydrogen-bond acceptors (Lipinski definition) is 2. The summed E-state index contributed by atoms with van der Waals surface area (Å²) in [6, 6.07) is 13.0. The molecule has 1 heterocycles. The van der Waals surface area contributed by atoms with Gasteiger partial charge in [0.05, 0.1) is 6.61 Å². The first-order chi connectivity index (χ1) is 11.6. The first-order valence-electron chi connectivity index (χ1n) is 8.17. The number of nitrogens with one attached hydrogen (secondary N) is 1. The van der Waals surface area contributed by atoms with Crippen molar-refractivity contribution in [1.29, 1.82) is 0 Å². The Hall–Kier alpha value is -2.55. The molecule has 3 heteroatoms. The zero-order valence-electron chi connectivity index (χ0n) is 14.3. The Labute approximate surface area is 142 Å². The van der Waals surface area contributed by atoms with Crippen molar-refractivity contribution in [2.45, 2.75) is 20.3 Å². The number of benzene rings is 2. The minimum atomic E-state index is -0.248. The first kappa shape index (κ1) is 16.3. The average molecular weight is 323 g/mol. The molecule has 0 saturated heterocycles. The highest BCUT2D eigenvalue weighted by molar-refractivity contribution is 5.93. The molecule has 1 aliphatic rings. The predicted molar refractivity (Wildman–Crippen MR) is 98.7 cm³/mol. The lowest BCUT2D eigenvalue weighted by Gasteiger charge is -2.20. The summed E-state index contributed by atoms with van der Waals surface area (Å²) in [5.74, 6) is 0.628. The minimum Gasteiger partial charge on any atom is -0.493 e. The highest BCUT2D eigenvalue weighted by atomic mass is 19.1. The molecule has 24 heavy (non-hydrogen) atoms. The first-order valence-corrected chi connectivity index (χ1v) is 8.17. The van der Waals surface area contributed by atoms with Gasteiger partial charge in [0.1, 0.15) is 11.6 Å². The van der Waals surface area contributed by atoms with Crippen LogP contribution >= 0.6 is 0 Å². The fourth-order valence-corrected chi connectivity index (χ4v) is 2.94. The third-order valence-corrected chi connectivity index (χ3v) is 4.48. The molecule has 0 radical (unpaired) electrons. The second kappa shape index (κ2) is 6.91. The summed E-state index contributed by atoms with van der Waals surface area (Å²) < 4.78 is 19.8. The molecule has 0 unspecified atom stereocenters. The lowest BCUT2D eigenvalue weighted by Crippen LogP contribution is -2.06. The van der Waals surface area contributed by atoms with Crippen LogP contribution in [0.5, 0.6) is 5.75 Å². The number of para-hydroxylation sites is 1. The number of anilines is 1. The van der Waals surface area contributed by atoms with Gasteiger partial charge in [0, 0.05) is 24.7 Å². The second-order valence-electron chi connectivity index (χ2n) is 6.08. The van der Waals surface area contributed by atoms with Crippen molar-refractivity contribution in [3.8, 4) is 5.75 Å². The Morgan fingerprint density at radius 3 is 2.71 bits per heavy atom. The monoisotopic (exact) mass is 323 g/mol. The van der Waals surface area contributed by atoms with Crippen molar-refractivity contribution in [2.75, 3.05) is 19.0 Å². The zero-order valence-corrected chi connectivity index (χ0v) is 14.3. The molecule has 2 aromatic carbocycles. The van der Waals surface area contributed by atoms with Gasteiger partial charge in [-0.1, -0.05) is 23.8 Å². The molecule has 2 aromatic rings. The SMILES string of the molecule is CNc1cc(F)cc(/C=C2\C(C)=C(\C)CCOc3ccccc32)c1. The van der Waals surface area contributed by atoms with Gasteiger partial charge in [0.15, 0.2) is 0 Å². The maximum absolute atomic E-state index is 13.9. The Morgan fingerprint density at radius 2 is 1.92 bits per heavy atom. The van der Waals surface area contributed by atoms with Gasteiger partial charge < -0.3 is 10.1 Å². The third kappa shape index (κ3) is 3.35.